The van der Waals surface area contributed by atoms with E-state index in [0.717, 1.165) is 33.5 Å². The van der Waals surface area contributed by atoms with Crippen molar-refractivity contribution in [3.63, 3.8) is 0 Å². The Morgan fingerprint density at radius 1 is 1.06 bits per heavy atom. The zero-order valence-electron chi connectivity index (χ0n) is 18.2. The van der Waals surface area contributed by atoms with E-state index in [0.29, 0.717) is 23.5 Å². The zero-order valence-corrected chi connectivity index (χ0v) is 18.2. The second kappa shape index (κ2) is 8.86. The molecule has 1 aromatic heterocycles. The molecule has 0 fully saturated rings. The SMILES string of the molecule is CCn1c(-c2cccc(NC(=O)Oc3ccc(C)cc3)c2)c(C#N)c2ccc(OC)cc21. The molecule has 4 aromatic rings. The summed E-state index contributed by atoms with van der Waals surface area (Å²) in [6.45, 7) is 4.68. The van der Waals surface area contributed by atoms with E-state index in [2.05, 4.69) is 16.0 Å². The Morgan fingerprint density at radius 2 is 1.81 bits per heavy atom. The molecule has 0 unspecified atom stereocenters. The highest BCUT2D eigenvalue weighted by molar-refractivity contribution is 5.96. The van der Waals surface area contributed by atoms with E-state index in [4.69, 9.17) is 9.47 Å². The molecule has 1 N–H and O–H groups in total. The lowest BCUT2D eigenvalue weighted by atomic mass is 10.1. The third kappa shape index (κ3) is 4.01. The van der Waals surface area contributed by atoms with Gasteiger partial charge in [0, 0.05) is 29.2 Å². The minimum absolute atomic E-state index is 0.469. The van der Waals surface area contributed by atoms with E-state index >= 15 is 0 Å². The fraction of sp³-hybridized carbons (Fsp3) is 0.154. The van der Waals surface area contributed by atoms with Crippen molar-refractivity contribution in [2.45, 2.75) is 20.4 Å². The molecular formula is C26H23N3O3. The van der Waals surface area contributed by atoms with Crippen LogP contribution in [0.5, 0.6) is 11.5 Å². The largest absolute Gasteiger partial charge is 0.497 e. The molecule has 1 heterocycles. The Labute approximate surface area is 186 Å². The molecule has 6 heteroatoms. The molecule has 0 radical (unpaired) electrons. The summed E-state index contributed by atoms with van der Waals surface area (Å²) in [4.78, 5) is 12.4. The summed E-state index contributed by atoms with van der Waals surface area (Å²) in [5.41, 5.74) is 4.80. The van der Waals surface area contributed by atoms with Crippen LogP contribution in [0.15, 0.2) is 66.7 Å². The molecule has 0 saturated heterocycles. The van der Waals surface area contributed by atoms with Gasteiger partial charge in [-0.15, -0.1) is 0 Å². The fourth-order valence-electron chi connectivity index (χ4n) is 3.80. The Bertz CT molecular complexity index is 1330. The van der Waals surface area contributed by atoms with Crippen LogP contribution in [0.4, 0.5) is 10.5 Å². The first-order valence-corrected chi connectivity index (χ1v) is 10.3. The van der Waals surface area contributed by atoms with Gasteiger partial charge in [-0.1, -0.05) is 29.8 Å². The molecule has 0 aliphatic rings. The quantitative estimate of drug-likeness (QED) is 0.417. The van der Waals surface area contributed by atoms with Crippen LogP contribution in [0.3, 0.4) is 0 Å². The maximum atomic E-state index is 12.4. The minimum atomic E-state index is -0.577. The van der Waals surface area contributed by atoms with Crippen LogP contribution >= 0.6 is 0 Å². The van der Waals surface area contributed by atoms with Gasteiger partial charge in [-0.3, -0.25) is 5.32 Å². The summed E-state index contributed by atoms with van der Waals surface area (Å²) < 4.78 is 12.8. The maximum Gasteiger partial charge on any atom is 0.417 e. The molecule has 0 spiro atoms. The standard InChI is InChI=1S/C26H23N3O3/c1-4-29-24-15-21(31-3)12-13-22(24)23(16-27)25(29)18-6-5-7-19(14-18)28-26(30)32-20-10-8-17(2)9-11-20/h5-15H,4H2,1-3H3,(H,28,30). The van der Waals surface area contributed by atoms with Crippen LogP contribution < -0.4 is 14.8 Å². The van der Waals surface area contributed by atoms with Crippen molar-refractivity contribution >= 4 is 22.7 Å². The van der Waals surface area contributed by atoms with Crippen LogP contribution in [0.1, 0.15) is 18.1 Å². The molecule has 3 aromatic carbocycles. The van der Waals surface area contributed by atoms with Crippen LogP contribution in [0.25, 0.3) is 22.2 Å². The number of nitrogens with one attached hydrogen (secondary N) is 1. The van der Waals surface area contributed by atoms with Crippen molar-refractivity contribution in [3.05, 3.63) is 77.9 Å². The van der Waals surface area contributed by atoms with Gasteiger partial charge >= 0.3 is 6.09 Å². The van der Waals surface area contributed by atoms with E-state index in [-0.39, 0.29) is 0 Å². The summed E-state index contributed by atoms with van der Waals surface area (Å²) in [7, 11) is 1.62. The molecule has 0 bridgehead atoms. The molecule has 4 rings (SSSR count). The number of ether oxygens (including phenoxy) is 2. The highest BCUT2D eigenvalue weighted by atomic mass is 16.6. The molecular weight excluding hydrogens is 402 g/mol. The summed E-state index contributed by atoms with van der Waals surface area (Å²) >= 11 is 0. The van der Waals surface area contributed by atoms with Crippen molar-refractivity contribution in [2.75, 3.05) is 12.4 Å². The second-order valence-corrected chi connectivity index (χ2v) is 7.37. The Balaban J connectivity index is 1.69. The van der Waals surface area contributed by atoms with Gasteiger partial charge in [0.25, 0.3) is 0 Å². The van der Waals surface area contributed by atoms with Crippen LogP contribution in [0.2, 0.25) is 0 Å². The number of rotatable bonds is 5. The first-order valence-electron chi connectivity index (χ1n) is 10.3. The average Bonchev–Trinajstić information content (AvgIpc) is 3.13. The smallest absolute Gasteiger partial charge is 0.417 e. The Hall–Kier alpha value is -4.24. The molecule has 0 saturated carbocycles. The van der Waals surface area contributed by atoms with Gasteiger partial charge in [0.1, 0.15) is 17.6 Å². The first kappa shape index (κ1) is 21.0. The highest BCUT2D eigenvalue weighted by Crippen LogP contribution is 2.36. The van der Waals surface area contributed by atoms with Gasteiger partial charge in [-0.25, -0.2) is 4.79 Å². The van der Waals surface area contributed by atoms with Crippen LogP contribution in [0, 0.1) is 18.3 Å². The summed E-state index contributed by atoms with van der Waals surface area (Å²) in [5, 5.41) is 13.6. The fourth-order valence-corrected chi connectivity index (χ4v) is 3.80. The molecule has 0 aliphatic carbocycles. The van der Waals surface area contributed by atoms with Gasteiger partial charge in [0.05, 0.1) is 23.9 Å². The number of aryl methyl sites for hydroxylation is 2. The first-order chi connectivity index (χ1) is 15.5. The average molecular weight is 425 g/mol. The molecule has 160 valence electrons. The van der Waals surface area contributed by atoms with Crippen molar-refractivity contribution in [1.29, 1.82) is 5.26 Å². The summed E-state index contributed by atoms with van der Waals surface area (Å²) in [6.07, 6.45) is -0.577. The molecule has 1 amide bonds. The second-order valence-electron chi connectivity index (χ2n) is 7.37. The highest BCUT2D eigenvalue weighted by Gasteiger charge is 2.19. The lowest BCUT2D eigenvalue weighted by Gasteiger charge is -2.11. The van der Waals surface area contributed by atoms with Gasteiger partial charge in [-0.2, -0.15) is 5.26 Å². The summed E-state index contributed by atoms with van der Waals surface area (Å²) in [6, 6.07) is 22.7. The topological polar surface area (TPSA) is 76.3 Å². The van der Waals surface area contributed by atoms with Gasteiger partial charge < -0.3 is 14.0 Å². The van der Waals surface area contributed by atoms with E-state index in [1.54, 1.807) is 25.3 Å². The molecule has 0 aliphatic heterocycles. The third-order valence-corrected chi connectivity index (χ3v) is 5.31. The monoisotopic (exact) mass is 425 g/mol. The molecule has 0 atom stereocenters. The number of aromatic nitrogens is 1. The van der Waals surface area contributed by atoms with Crippen molar-refractivity contribution < 1.29 is 14.3 Å². The van der Waals surface area contributed by atoms with Gasteiger partial charge in [-0.05, 0) is 50.2 Å². The number of carbonyl (C=O) groups excluding carboxylic acids is 1. The van der Waals surface area contributed by atoms with E-state index in [1.807, 2.05) is 62.4 Å². The number of carbonyl (C=O) groups is 1. The normalized spacial score (nSPS) is 10.6. The summed E-state index contributed by atoms with van der Waals surface area (Å²) in [5.74, 6) is 1.20. The van der Waals surface area contributed by atoms with E-state index in [9.17, 15) is 10.1 Å². The number of amides is 1. The number of benzene rings is 3. The van der Waals surface area contributed by atoms with Crippen molar-refractivity contribution in [3.8, 4) is 28.8 Å². The lowest BCUT2D eigenvalue weighted by molar-refractivity contribution is 0.215. The van der Waals surface area contributed by atoms with E-state index < -0.39 is 6.09 Å². The third-order valence-electron chi connectivity index (χ3n) is 5.31. The lowest BCUT2D eigenvalue weighted by Crippen LogP contribution is -2.16. The Morgan fingerprint density at radius 3 is 2.50 bits per heavy atom. The van der Waals surface area contributed by atoms with Crippen molar-refractivity contribution in [1.82, 2.24) is 4.57 Å². The van der Waals surface area contributed by atoms with Crippen LogP contribution in [-0.4, -0.2) is 17.8 Å². The number of fused-ring (bicyclic) bond motifs is 1. The zero-order chi connectivity index (χ0) is 22.7. The Kier molecular flexibility index (Phi) is 5.82. The molecule has 6 nitrogen and oxygen atoms in total. The van der Waals surface area contributed by atoms with Gasteiger partial charge in [0.15, 0.2) is 0 Å². The number of methoxy groups -OCH3 is 1. The number of hydrogen-bond acceptors (Lipinski definition) is 4. The molecule has 32 heavy (non-hydrogen) atoms. The van der Waals surface area contributed by atoms with Crippen LogP contribution in [-0.2, 0) is 6.54 Å². The number of anilines is 1. The van der Waals surface area contributed by atoms with Crippen molar-refractivity contribution in [2.24, 2.45) is 0 Å². The predicted octanol–water partition coefficient (Wildman–Crippen LogP) is 6.13. The number of nitriles is 1. The maximum absolute atomic E-state index is 12.4. The number of hydrogen-bond donors (Lipinski definition) is 1. The van der Waals surface area contributed by atoms with Gasteiger partial charge in [0.2, 0.25) is 0 Å². The number of nitrogens with zero attached hydrogens (tertiary/aromatic N) is 2. The predicted molar refractivity (Wildman–Crippen MR) is 125 cm³/mol. The minimum Gasteiger partial charge on any atom is -0.497 e. The van der Waals surface area contributed by atoms with E-state index in [1.165, 1.54) is 0 Å².